The SMILES string of the molecule is CSc1ncn2nc(SC)c(S(=O)(=O)c3ccccc3)c2n1. The average molecular weight is 352 g/mol. The van der Waals surface area contributed by atoms with Crippen LogP contribution in [0.3, 0.4) is 0 Å². The normalized spacial score (nSPS) is 11.9. The van der Waals surface area contributed by atoms with E-state index in [0.717, 1.165) is 0 Å². The first kappa shape index (κ1) is 15.3. The zero-order valence-electron chi connectivity index (χ0n) is 11.8. The maximum absolute atomic E-state index is 13.0. The topological polar surface area (TPSA) is 77.2 Å². The number of hydrogen-bond acceptors (Lipinski definition) is 7. The van der Waals surface area contributed by atoms with Gasteiger partial charge in [-0.05, 0) is 24.6 Å². The predicted molar refractivity (Wildman–Crippen MR) is 86.2 cm³/mol. The molecular formula is C13H12N4O2S3. The largest absolute Gasteiger partial charge is 0.218 e. The minimum Gasteiger partial charge on any atom is -0.218 e. The van der Waals surface area contributed by atoms with Crippen LogP contribution < -0.4 is 0 Å². The van der Waals surface area contributed by atoms with Crippen molar-refractivity contribution < 1.29 is 8.42 Å². The molecule has 0 fully saturated rings. The first-order chi connectivity index (χ1) is 10.6. The fourth-order valence-electron chi connectivity index (χ4n) is 1.98. The van der Waals surface area contributed by atoms with E-state index in [1.807, 2.05) is 6.26 Å². The van der Waals surface area contributed by atoms with Crippen LogP contribution in [0.15, 0.2) is 56.6 Å². The van der Waals surface area contributed by atoms with Crippen LogP contribution in [-0.2, 0) is 9.84 Å². The standard InChI is InChI=1S/C13H12N4O2S3/c1-20-12-10(22(18,19)9-6-4-3-5-7-9)11-15-13(21-2)14-8-17(11)16-12/h3-8H,1-2H3. The number of aromatic nitrogens is 4. The molecule has 2 aromatic heterocycles. The van der Waals surface area contributed by atoms with Crippen LogP contribution in [0.5, 0.6) is 0 Å². The van der Waals surface area contributed by atoms with Gasteiger partial charge in [0, 0.05) is 0 Å². The molecule has 3 rings (SSSR count). The summed E-state index contributed by atoms with van der Waals surface area (Å²) in [5, 5.41) is 5.18. The third-order valence-corrected chi connectivity index (χ3v) is 6.16. The molecule has 6 nitrogen and oxygen atoms in total. The molecule has 0 saturated carbocycles. The van der Waals surface area contributed by atoms with Gasteiger partial charge in [0.05, 0.1) is 4.90 Å². The summed E-state index contributed by atoms with van der Waals surface area (Å²) in [7, 11) is -3.69. The summed E-state index contributed by atoms with van der Waals surface area (Å²) in [6.07, 6.45) is 5.11. The van der Waals surface area contributed by atoms with Crippen LogP contribution in [0.4, 0.5) is 0 Å². The van der Waals surface area contributed by atoms with Gasteiger partial charge in [-0.15, -0.1) is 11.8 Å². The number of rotatable bonds is 4. The molecule has 1 aromatic carbocycles. The van der Waals surface area contributed by atoms with Gasteiger partial charge in [0.2, 0.25) is 9.84 Å². The van der Waals surface area contributed by atoms with E-state index in [1.165, 1.54) is 34.4 Å². The third-order valence-electron chi connectivity index (χ3n) is 2.99. The molecule has 0 aliphatic rings. The predicted octanol–water partition coefficient (Wildman–Crippen LogP) is 2.40. The van der Waals surface area contributed by atoms with Crippen molar-refractivity contribution in [1.82, 2.24) is 19.6 Å². The van der Waals surface area contributed by atoms with E-state index < -0.39 is 9.84 Å². The highest BCUT2D eigenvalue weighted by molar-refractivity contribution is 7.99. The summed E-state index contributed by atoms with van der Waals surface area (Å²) in [4.78, 5) is 8.79. The van der Waals surface area contributed by atoms with Crippen molar-refractivity contribution in [2.75, 3.05) is 12.5 Å². The van der Waals surface area contributed by atoms with Gasteiger partial charge in [0.15, 0.2) is 15.7 Å². The second kappa shape index (κ2) is 5.90. The Balaban J connectivity index is 2.33. The molecule has 0 N–H and O–H groups in total. The first-order valence-electron chi connectivity index (χ1n) is 6.21. The lowest BCUT2D eigenvalue weighted by Crippen LogP contribution is -2.04. The molecule has 9 heteroatoms. The number of nitrogens with zero attached hydrogens (tertiary/aromatic N) is 4. The van der Waals surface area contributed by atoms with Crippen LogP contribution in [0.25, 0.3) is 5.65 Å². The molecule has 0 saturated heterocycles. The third kappa shape index (κ3) is 2.49. The maximum Gasteiger partial charge on any atom is 0.213 e. The highest BCUT2D eigenvalue weighted by Gasteiger charge is 2.28. The summed E-state index contributed by atoms with van der Waals surface area (Å²) in [6.45, 7) is 0. The summed E-state index contributed by atoms with van der Waals surface area (Å²) in [5.74, 6) is 0. The van der Waals surface area contributed by atoms with E-state index in [-0.39, 0.29) is 9.79 Å². The zero-order valence-corrected chi connectivity index (χ0v) is 14.2. The monoisotopic (exact) mass is 352 g/mol. The first-order valence-corrected chi connectivity index (χ1v) is 10.1. The van der Waals surface area contributed by atoms with E-state index in [1.54, 1.807) is 36.6 Å². The molecule has 0 atom stereocenters. The van der Waals surface area contributed by atoms with Crippen molar-refractivity contribution >= 4 is 39.0 Å². The number of fused-ring (bicyclic) bond motifs is 1. The summed E-state index contributed by atoms with van der Waals surface area (Å²) < 4.78 is 27.3. The molecular weight excluding hydrogens is 340 g/mol. The van der Waals surface area contributed by atoms with Gasteiger partial charge >= 0.3 is 0 Å². The maximum atomic E-state index is 13.0. The Morgan fingerprint density at radius 2 is 1.82 bits per heavy atom. The van der Waals surface area contributed by atoms with Crippen LogP contribution in [-0.4, -0.2) is 40.5 Å². The smallest absolute Gasteiger partial charge is 0.213 e. The van der Waals surface area contributed by atoms with Crippen LogP contribution in [0.2, 0.25) is 0 Å². The fraction of sp³-hybridized carbons (Fsp3) is 0.154. The number of benzene rings is 1. The summed E-state index contributed by atoms with van der Waals surface area (Å²) >= 11 is 2.62. The molecule has 0 radical (unpaired) electrons. The van der Waals surface area contributed by atoms with Crippen LogP contribution in [0.1, 0.15) is 0 Å². The Hall–Kier alpha value is -1.58. The van der Waals surface area contributed by atoms with E-state index in [4.69, 9.17) is 0 Å². The molecule has 0 spiro atoms. The van der Waals surface area contributed by atoms with Gasteiger partial charge in [-0.3, -0.25) is 0 Å². The van der Waals surface area contributed by atoms with Gasteiger partial charge in [0.1, 0.15) is 11.4 Å². The minimum atomic E-state index is -3.69. The van der Waals surface area contributed by atoms with Crippen LogP contribution in [0, 0.1) is 0 Å². The zero-order chi connectivity index (χ0) is 15.7. The van der Waals surface area contributed by atoms with Gasteiger partial charge < -0.3 is 0 Å². The minimum absolute atomic E-state index is 0.129. The lowest BCUT2D eigenvalue weighted by atomic mass is 10.4. The van der Waals surface area contributed by atoms with Crippen molar-refractivity contribution in [3.05, 3.63) is 36.7 Å². The molecule has 0 aliphatic carbocycles. The van der Waals surface area contributed by atoms with E-state index in [2.05, 4.69) is 15.1 Å². The second-order valence-electron chi connectivity index (χ2n) is 4.27. The molecule has 0 unspecified atom stereocenters. The van der Waals surface area contributed by atoms with E-state index in [0.29, 0.717) is 15.8 Å². The van der Waals surface area contributed by atoms with Crippen molar-refractivity contribution in [3.63, 3.8) is 0 Å². The van der Waals surface area contributed by atoms with Crippen molar-refractivity contribution in [3.8, 4) is 0 Å². The quantitative estimate of drug-likeness (QED) is 0.667. The summed E-state index contributed by atoms with van der Waals surface area (Å²) in [6, 6.07) is 8.30. The molecule has 0 bridgehead atoms. The Morgan fingerprint density at radius 1 is 1.09 bits per heavy atom. The van der Waals surface area contributed by atoms with Gasteiger partial charge in [-0.25, -0.2) is 22.9 Å². The molecule has 0 amide bonds. The molecule has 2 heterocycles. The average Bonchev–Trinajstić information content (AvgIpc) is 2.93. The Labute approximate surface area is 136 Å². The van der Waals surface area contributed by atoms with Gasteiger partial charge in [0.25, 0.3) is 0 Å². The van der Waals surface area contributed by atoms with E-state index in [9.17, 15) is 8.42 Å². The second-order valence-corrected chi connectivity index (χ2v) is 7.72. The molecule has 114 valence electrons. The Bertz CT molecular complexity index is 923. The Morgan fingerprint density at radius 3 is 2.45 bits per heavy atom. The molecule has 22 heavy (non-hydrogen) atoms. The van der Waals surface area contributed by atoms with Gasteiger partial charge in [-0.2, -0.15) is 5.10 Å². The van der Waals surface area contributed by atoms with Crippen molar-refractivity contribution in [2.24, 2.45) is 0 Å². The van der Waals surface area contributed by atoms with Crippen molar-refractivity contribution in [1.29, 1.82) is 0 Å². The number of thioether (sulfide) groups is 2. The summed E-state index contributed by atoms with van der Waals surface area (Å²) in [5.41, 5.74) is 0.299. The van der Waals surface area contributed by atoms with Crippen molar-refractivity contribution in [2.45, 2.75) is 20.0 Å². The highest BCUT2D eigenvalue weighted by atomic mass is 32.2. The number of sulfone groups is 1. The molecule has 3 aromatic rings. The molecule has 0 aliphatic heterocycles. The highest BCUT2D eigenvalue weighted by Crippen LogP contribution is 2.32. The Kier molecular flexibility index (Phi) is 4.11. The number of hydrogen-bond donors (Lipinski definition) is 0. The lowest BCUT2D eigenvalue weighted by molar-refractivity contribution is 0.594. The fourth-order valence-corrected chi connectivity index (χ4v) is 4.74. The lowest BCUT2D eigenvalue weighted by Gasteiger charge is -2.04. The van der Waals surface area contributed by atoms with E-state index >= 15 is 0 Å². The van der Waals surface area contributed by atoms with Gasteiger partial charge in [-0.1, -0.05) is 30.0 Å². The van der Waals surface area contributed by atoms with Crippen LogP contribution >= 0.6 is 23.5 Å².